The van der Waals surface area contributed by atoms with Crippen LogP contribution in [-0.4, -0.2) is 74.8 Å². The Labute approximate surface area is 221 Å². The lowest BCUT2D eigenvalue weighted by atomic mass is 9.45. The van der Waals surface area contributed by atoms with E-state index in [1.165, 1.54) is 6.92 Å². The number of allylic oxidation sites excluding steroid dienone is 1. The van der Waals surface area contributed by atoms with Crippen molar-refractivity contribution in [3.05, 3.63) is 11.6 Å². The van der Waals surface area contributed by atoms with E-state index in [0.29, 0.717) is 32.1 Å². The second-order valence-corrected chi connectivity index (χ2v) is 12.4. The maximum atomic E-state index is 13.1. The van der Waals surface area contributed by atoms with Gasteiger partial charge < -0.3 is 29.9 Å². The maximum absolute atomic E-state index is 13.1. The van der Waals surface area contributed by atoms with E-state index >= 15 is 0 Å². The first-order chi connectivity index (χ1) is 18.5. The highest BCUT2D eigenvalue weighted by Gasteiger charge is 2.64. The topological polar surface area (TPSA) is 151 Å². The predicted molar refractivity (Wildman–Crippen MR) is 130 cm³/mol. The molecule has 4 aliphatic carbocycles. The number of fused-ring (bicyclic) bond motifs is 5. The second-order valence-electron chi connectivity index (χ2n) is 12.4. The van der Waals surface area contributed by atoms with Crippen LogP contribution in [0.5, 0.6) is 0 Å². The first-order valence-corrected chi connectivity index (χ1v) is 13.3. The van der Waals surface area contributed by atoms with E-state index < -0.39 is 72.3 Å². The Bertz CT molecular complexity index is 1110. The van der Waals surface area contributed by atoms with Crippen LogP contribution >= 0.6 is 0 Å². The lowest BCUT2D eigenvalue weighted by Crippen LogP contribution is -2.61. The van der Waals surface area contributed by atoms with Crippen LogP contribution in [0.3, 0.4) is 0 Å². The molecule has 3 saturated carbocycles. The van der Waals surface area contributed by atoms with Crippen molar-refractivity contribution in [1.82, 2.24) is 0 Å². The van der Waals surface area contributed by atoms with Crippen molar-refractivity contribution in [2.75, 3.05) is 0 Å². The first kappa shape index (κ1) is 23.3. The van der Waals surface area contributed by atoms with Crippen LogP contribution in [0.25, 0.3) is 0 Å². The average Bonchev–Trinajstić information content (AvgIpc) is 3.15. The van der Waals surface area contributed by atoms with Crippen LogP contribution in [0.4, 0.5) is 0 Å². The molecule has 0 radical (unpaired) electrons. The van der Waals surface area contributed by atoms with Crippen LogP contribution < -0.4 is 0 Å². The van der Waals surface area contributed by atoms with Gasteiger partial charge in [-0.2, -0.15) is 0 Å². The zero-order chi connectivity index (χ0) is 29.5. The quantitative estimate of drug-likeness (QED) is 0.433. The average molecular weight is 524 g/mol. The fourth-order valence-corrected chi connectivity index (χ4v) is 8.83. The van der Waals surface area contributed by atoms with E-state index in [2.05, 4.69) is 6.92 Å². The third kappa shape index (κ3) is 4.04. The molecule has 9 heteroatoms. The molecule has 0 bridgehead atoms. The third-order valence-corrected chi connectivity index (χ3v) is 10.6. The van der Waals surface area contributed by atoms with Crippen molar-refractivity contribution in [3.8, 4) is 0 Å². The minimum Gasteiger partial charge on any atom is -0.479 e. The van der Waals surface area contributed by atoms with E-state index in [9.17, 15) is 34.8 Å². The van der Waals surface area contributed by atoms with Crippen molar-refractivity contribution in [2.45, 2.75) is 103 Å². The molecule has 0 aromatic heterocycles. The largest absolute Gasteiger partial charge is 0.479 e. The Kier molecular flexibility index (Phi) is 5.80. The lowest BCUT2D eigenvalue weighted by Gasteiger charge is -2.59. The van der Waals surface area contributed by atoms with Crippen LogP contribution in [0.1, 0.15) is 70.3 Å². The number of hydrogen-bond donors (Lipinski definition) is 4. The lowest BCUT2D eigenvalue weighted by molar-refractivity contribution is -0.306. The van der Waals surface area contributed by atoms with Crippen molar-refractivity contribution >= 4 is 17.5 Å². The normalized spacial score (nSPS) is 53.0. The Morgan fingerprint density at radius 3 is 2.49 bits per heavy atom. The molecule has 9 nitrogen and oxygen atoms in total. The summed E-state index contributed by atoms with van der Waals surface area (Å²) in [5.74, 6) is -3.10. The summed E-state index contributed by atoms with van der Waals surface area (Å²) in [6.07, 6.45) is -4.87. The molecule has 0 amide bonds. The number of ether oxygens (including phenoxy) is 2. The molecule has 1 aliphatic heterocycles. The summed E-state index contributed by atoms with van der Waals surface area (Å²) in [7, 11) is 0. The Morgan fingerprint density at radius 1 is 1.11 bits per heavy atom. The van der Waals surface area contributed by atoms with Gasteiger partial charge in [0.2, 0.25) is 0 Å². The number of carboxylic acids is 1. The van der Waals surface area contributed by atoms with Gasteiger partial charge in [0, 0.05) is 16.5 Å². The fourth-order valence-electron chi connectivity index (χ4n) is 8.83. The van der Waals surface area contributed by atoms with Gasteiger partial charge >= 0.3 is 5.97 Å². The number of hydrogen-bond acceptors (Lipinski definition) is 8. The van der Waals surface area contributed by atoms with Gasteiger partial charge in [-0.1, -0.05) is 26.3 Å². The van der Waals surface area contributed by atoms with Gasteiger partial charge in [-0.15, -0.1) is 0 Å². The van der Waals surface area contributed by atoms with Gasteiger partial charge in [-0.05, 0) is 79.6 Å². The molecule has 2 unspecified atom stereocenters. The standard InChI is InChI=1S/C28H40O9/c1-12-9-15-16(27(3)7-5-14(30)10-17(12)27)6-8-28(4)18(15)11-19(20(28)13(2)29)36-26-23(33)21(31)22(32)24(37-26)25(34)35/h10,12,15-16,18-24,26,31-33H,5-9,11H2,1-4H3,(H,34,35)/t12-,15+,16-,18-,19+,20?,21-,22?,23-,24+,26+,27+,28-/m0/s1/i1D3. The summed E-state index contributed by atoms with van der Waals surface area (Å²) in [6.45, 7) is 3.29. The Morgan fingerprint density at radius 2 is 1.84 bits per heavy atom. The SMILES string of the molecule is [2H]C([2H])([2H])[C@H]1C[C@@H]2[C@H](CC[C@]3(C)C(C(C)=O)[C@H](O[C@@H]4O[C@@H](C(=O)O)C(O)[C@H](O)[C@@H]4O)C[C@@H]23)[C@@]2(C)CCC(=O)C=C12. The van der Waals surface area contributed by atoms with Gasteiger partial charge in [0.25, 0.3) is 0 Å². The van der Waals surface area contributed by atoms with Gasteiger partial charge in [0.05, 0.1) is 6.10 Å². The van der Waals surface area contributed by atoms with E-state index in [4.69, 9.17) is 13.6 Å². The maximum Gasteiger partial charge on any atom is 0.335 e. The predicted octanol–water partition coefficient (Wildman–Crippen LogP) is 1.86. The summed E-state index contributed by atoms with van der Waals surface area (Å²) >= 11 is 0. The van der Waals surface area contributed by atoms with Gasteiger partial charge in [0.1, 0.15) is 24.1 Å². The number of Topliss-reactive ketones (excluding diaryl/α,β-unsaturated/α-hetero) is 1. The molecular formula is C28H40O9. The molecule has 0 spiro atoms. The molecule has 4 N–H and O–H groups in total. The first-order valence-electron chi connectivity index (χ1n) is 14.8. The molecule has 13 atom stereocenters. The highest BCUT2D eigenvalue weighted by atomic mass is 16.7. The van der Waals surface area contributed by atoms with Gasteiger partial charge in [-0.3, -0.25) is 9.59 Å². The smallest absolute Gasteiger partial charge is 0.335 e. The molecule has 0 aromatic rings. The number of carbonyl (C=O) groups excluding carboxylic acids is 2. The van der Waals surface area contributed by atoms with Crippen molar-refractivity contribution in [3.63, 3.8) is 0 Å². The number of carbonyl (C=O) groups is 3. The van der Waals surface area contributed by atoms with Crippen LogP contribution in [0.2, 0.25) is 0 Å². The van der Waals surface area contributed by atoms with E-state index in [-0.39, 0.29) is 29.3 Å². The molecule has 5 rings (SSSR count). The number of carboxylic acid groups (broad SMARTS) is 1. The Hall–Kier alpha value is -1.65. The minimum atomic E-state index is -2.29. The van der Waals surface area contributed by atoms with Crippen LogP contribution in [0, 0.1) is 40.4 Å². The minimum absolute atomic E-state index is 0.0372. The van der Waals surface area contributed by atoms with E-state index in [1.54, 1.807) is 6.08 Å². The Balaban J connectivity index is 1.48. The molecule has 206 valence electrons. The van der Waals surface area contributed by atoms with Crippen LogP contribution in [-0.2, 0) is 23.9 Å². The molecule has 4 fully saturated rings. The summed E-state index contributed by atoms with van der Waals surface area (Å²) < 4.78 is 36.5. The third-order valence-electron chi connectivity index (χ3n) is 10.6. The molecule has 1 heterocycles. The number of ketones is 2. The summed E-state index contributed by atoms with van der Waals surface area (Å²) in [6, 6.07) is 0. The van der Waals surface area contributed by atoms with Gasteiger partial charge in [0.15, 0.2) is 18.2 Å². The molecule has 37 heavy (non-hydrogen) atoms. The van der Waals surface area contributed by atoms with Crippen molar-refractivity contribution < 1.29 is 48.4 Å². The zero-order valence-corrected chi connectivity index (χ0v) is 21.5. The second kappa shape index (κ2) is 9.23. The number of rotatable bonds is 4. The van der Waals surface area contributed by atoms with E-state index in [1.807, 2.05) is 6.92 Å². The number of aliphatic hydroxyl groups excluding tert-OH is 3. The molecular weight excluding hydrogens is 480 g/mol. The highest BCUT2D eigenvalue weighted by molar-refractivity contribution is 5.91. The zero-order valence-electron chi connectivity index (χ0n) is 24.5. The highest BCUT2D eigenvalue weighted by Crippen LogP contribution is 2.68. The number of aliphatic carboxylic acids is 1. The summed E-state index contributed by atoms with van der Waals surface area (Å²) in [5.41, 5.74) is -0.254. The van der Waals surface area contributed by atoms with Crippen molar-refractivity contribution in [2.24, 2.45) is 40.4 Å². The monoisotopic (exact) mass is 523 g/mol. The van der Waals surface area contributed by atoms with Crippen molar-refractivity contribution in [1.29, 1.82) is 0 Å². The number of aliphatic hydroxyl groups is 3. The van der Waals surface area contributed by atoms with E-state index in [0.717, 1.165) is 12.0 Å². The fraction of sp³-hybridized carbons (Fsp3) is 0.821. The summed E-state index contributed by atoms with van der Waals surface area (Å²) in [4.78, 5) is 37.1. The molecule has 0 aromatic carbocycles. The van der Waals surface area contributed by atoms with Crippen LogP contribution in [0.15, 0.2) is 11.6 Å². The molecule has 5 aliphatic rings. The van der Waals surface area contributed by atoms with Gasteiger partial charge in [-0.25, -0.2) is 4.79 Å². The summed E-state index contributed by atoms with van der Waals surface area (Å²) in [5, 5.41) is 40.4. The molecule has 1 saturated heterocycles.